The summed E-state index contributed by atoms with van der Waals surface area (Å²) in [5, 5.41) is 7.37. The highest BCUT2D eigenvalue weighted by Crippen LogP contribution is 2.30. The van der Waals surface area contributed by atoms with Gasteiger partial charge in [-0.2, -0.15) is 13.9 Å². The standard InChI is InChI=1S/C27H23F2N3O6/c1-27(20-11-13-21(14-12-20)38-25(28)29)24(34)32(26(35)31-27)30-15-19-5-3-4-6-22(19)37-16-17-7-9-18(10-8-17)23(33)36-2/h3-15,25H,16H2,1-2H3,(H,31,35)/b30-15-/t27-/m1/s1. The van der Waals surface area contributed by atoms with Gasteiger partial charge in [-0.25, -0.2) is 9.59 Å². The number of ether oxygens (including phenoxy) is 3. The Balaban J connectivity index is 1.46. The van der Waals surface area contributed by atoms with Crippen molar-refractivity contribution >= 4 is 24.1 Å². The van der Waals surface area contributed by atoms with E-state index in [1.54, 1.807) is 48.5 Å². The molecule has 1 heterocycles. The Morgan fingerprint density at radius 1 is 1.05 bits per heavy atom. The molecule has 0 aliphatic carbocycles. The topological polar surface area (TPSA) is 107 Å². The Kier molecular flexibility index (Phi) is 7.66. The first-order valence-electron chi connectivity index (χ1n) is 11.4. The van der Waals surface area contributed by atoms with Gasteiger partial charge in [0.25, 0.3) is 5.91 Å². The van der Waals surface area contributed by atoms with Crippen molar-refractivity contribution in [1.29, 1.82) is 0 Å². The molecule has 1 aliphatic heterocycles. The average Bonchev–Trinajstić information content (AvgIpc) is 3.14. The molecular formula is C27H23F2N3O6. The van der Waals surface area contributed by atoms with E-state index in [0.29, 0.717) is 27.4 Å². The number of alkyl halides is 2. The van der Waals surface area contributed by atoms with Crippen LogP contribution in [0.3, 0.4) is 0 Å². The van der Waals surface area contributed by atoms with Gasteiger partial charge in [0.05, 0.1) is 18.9 Å². The Morgan fingerprint density at radius 2 is 1.74 bits per heavy atom. The lowest BCUT2D eigenvalue weighted by atomic mass is 9.92. The van der Waals surface area contributed by atoms with Gasteiger partial charge in [-0.3, -0.25) is 4.79 Å². The minimum atomic E-state index is -2.98. The molecular weight excluding hydrogens is 500 g/mol. The van der Waals surface area contributed by atoms with Gasteiger partial charge in [-0.05, 0) is 54.4 Å². The van der Waals surface area contributed by atoms with Crippen LogP contribution in [0, 0.1) is 0 Å². The number of urea groups is 1. The van der Waals surface area contributed by atoms with Crippen LogP contribution in [0.15, 0.2) is 77.9 Å². The van der Waals surface area contributed by atoms with Crippen LogP contribution in [-0.4, -0.2) is 42.9 Å². The summed E-state index contributed by atoms with van der Waals surface area (Å²) < 4.78 is 39.8. The molecule has 3 aromatic rings. The van der Waals surface area contributed by atoms with Crippen molar-refractivity contribution in [3.05, 3.63) is 95.1 Å². The number of methoxy groups -OCH3 is 1. The second kappa shape index (κ2) is 11.1. The highest BCUT2D eigenvalue weighted by atomic mass is 19.3. The number of hydrogen-bond donors (Lipinski definition) is 1. The molecule has 9 nitrogen and oxygen atoms in total. The Labute approximate surface area is 216 Å². The summed E-state index contributed by atoms with van der Waals surface area (Å²) in [5.41, 5.74) is 0.656. The smallest absolute Gasteiger partial charge is 0.387 e. The van der Waals surface area contributed by atoms with Gasteiger partial charge in [-0.15, -0.1) is 5.01 Å². The number of hydrogen-bond acceptors (Lipinski definition) is 7. The van der Waals surface area contributed by atoms with E-state index in [-0.39, 0.29) is 12.4 Å². The summed E-state index contributed by atoms with van der Waals surface area (Å²) >= 11 is 0. The molecule has 11 heteroatoms. The number of amides is 3. The first-order chi connectivity index (χ1) is 18.2. The van der Waals surface area contributed by atoms with Crippen LogP contribution in [0.1, 0.15) is 34.0 Å². The molecule has 3 aromatic carbocycles. The van der Waals surface area contributed by atoms with Crippen LogP contribution in [0.2, 0.25) is 0 Å². The molecule has 1 saturated heterocycles. The maximum Gasteiger partial charge on any atom is 0.387 e. The number of hydrazone groups is 1. The van der Waals surface area contributed by atoms with Crippen LogP contribution in [0.5, 0.6) is 11.5 Å². The van der Waals surface area contributed by atoms with Gasteiger partial charge >= 0.3 is 18.6 Å². The summed E-state index contributed by atoms with van der Waals surface area (Å²) in [6.45, 7) is -1.29. The largest absolute Gasteiger partial charge is 0.488 e. The van der Waals surface area contributed by atoms with Gasteiger partial charge < -0.3 is 19.5 Å². The van der Waals surface area contributed by atoms with Crippen molar-refractivity contribution in [3.8, 4) is 11.5 Å². The number of carbonyl (C=O) groups excluding carboxylic acids is 3. The molecule has 3 amide bonds. The number of rotatable bonds is 9. The molecule has 1 aliphatic rings. The van der Waals surface area contributed by atoms with Gasteiger partial charge in [0.15, 0.2) is 0 Å². The number of carbonyl (C=O) groups is 3. The SMILES string of the molecule is COC(=O)c1ccc(COc2ccccc2/C=N\N2C(=O)N[C@](C)(c3ccc(OC(F)F)cc3)C2=O)cc1. The number of benzene rings is 3. The maximum absolute atomic E-state index is 13.1. The predicted octanol–water partition coefficient (Wildman–Crippen LogP) is 4.45. The van der Waals surface area contributed by atoms with E-state index >= 15 is 0 Å². The molecule has 0 spiro atoms. The highest BCUT2D eigenvalue weighted by Gasteiger charge is 2.49. The van der Waals surface area contributed by atoms with Crippen molar-refractivity contribution < 1.29 is 37.4 Å². The zero-order valence-electron chi connectivity index (χ0n) is 20.4. The van der Waals surface area contributed by atoms with E-state index in [4.69, 9.17) is 4.74 Å². The lowest BCUT2D eigenvalue weighted by Gasteiger charge is -2.21. The second-order valence-electron chi connectivity index (χ2n) is 8.33. The number of imide groups is 1. The molecule has 0 unspecified atom stereocenters. The summed E-state index contributed by atoms with van der Waals surface area (Å²) in [7, 11) is 1.31. The molecule has 1 fully saturated rings. The predicted molar refractivity (Wildman–Crippen MR) is 132 cm³/mol. The molecule has 38 heavy (non-hydrogen) atoms. The molecule has 0 bridgehead atoms. The van der Waals surface area contributed by atoms with Crippen LogP contribution < -0.4 is 14.8 Å². The zero-order chi connectivity index (χ0) is 27.3. The van der Waals surface area contributed by atoms with Gasteiger partial charge in [0, 0.05) is 5.56 Å². The fourth-order valence-corrected chi connectivity index (χ4v) is 3.75. The number of halogens is 2. The Bertz CT molecular complexity index is 1360. The van der Waals surface area contributed by atoms with Gasteiger partial charge in [0.1, 0.15) is 23.6 Å². The van der Waals surface area contributed by atoms with E-state index < -0.39 is 30.1 Å². The van der Waals surface area contributed by atoms with Crippen molar-refractivity contribution in [1.82, 2.24) is 10.3 Å². The number of esters is 1. The summed E-state index contributed by atoms with van der Waals surface area (Å²) in [6, 6.07) is 18.3. The molecule has 4 rings (SSSR count). The van der Waals surface area contributed by atoms with E-state index in [2.05, 4.69) is 19.9 Å². The number of nitrogens with zero attached hydrogens (tertiary/aromatic N) is 2. The highest BCUT2D eigenvalue weighted by molar-refractivity contribution is 6.07. The van der Waals surface area contributed by atoms with Crippen molar-refractivity contribution in [2.75, 3.05) is 7.11 Å². The lowest BCUT2D eigenvalue weighted by Crippen LogP contribution is -2.40. The third-order valence-corrected chi connectivity index (χ3v) is 5.83. The van der Waals surface area contributed by atoms with Crippen molar-refractivity contribution in [3.63, 3.8) is 0 Å². The number of nitrogens with one attached hydrogen (secondary N) is 1. The normalized spacial score (nSPS) is 17.1. The van der Waals surface area contributed by atoms with E-state index in [1.165, 1.54) is 44.5 Å². The molecule has 1 atom stereocenters. The quantitative estimate of drug-likeness (QED) is 0.252. The molecule has 1 N–H and O–H groups in total. The zero-order valence-corrected chi connectivity index (χ0v) is 20.4. The minimum Gasteiger partial charge on any atom is -0.488 e. The third kappa shape index (κ3) is 5.61. The first-order valence-corrected chi connectivity index (χ1v) is 11.4. The summed E-state index contributed by atoms with van der Waals surface area (Å²) in [6.07, 6.45) is 1.33. The molecule has 0 saturated carbocycles. The summed E-state index contributed by atoms with van der Waals surface area (Å²) in [5.74, 6) is -0.702. The fourth-order valence-electron chi connectivity index (χ4n) is 3.75. The van der Waals surface area contributed by atoms with E-state index in [0.717, 1.165) is 5.56 Å². The van der Waals surface area contributed by atoms with Crippen LogP contribution in [-0.2, 0) is 21.7 Å². The lowest BCUT2D eigenvalue weighted by molar-refractivity contribution is -0.131. The van der Waals surface area contributed by atoms with Crippen LogP contribution in [0.4, 0.5) is 13.6 Å². The molecule has 0 radical (unpaired) electrons. The summed E-state index contributed by atoms with van der Waals surface area (Å²) in [4.78, 5) is 37.3. The molecule has 196 valence electrons. The van der Waals surface area contributed by atoms with E-state index in [1.807, 2.05) is 0 Å². The van der Waals surface area contributed by atoms with Gasteiger partial charge in [0.2, 0.25) is 0 Å². The van der Waals surface area contributed by atoms with Crippen molar-refractivity contribution in [2.45, 2.75) is 25.7 Å². The van der Waals surface area contributed by atoms with Gasteiger partial charge in [-0.1, -0.05) is 36.4 Å². The second-order valence-corrected chi connectivity index (χ2v) is 8.33. The first kappa shape index (κ1) is 26.3. The fraction of sp³-hybridized carbons (Fsp3) is 0.185. The average molecular weight is 523 g/mol. The maximum atomic E-state index is 13.1. The monoisotopic (exact) mass is 523 g/mol. The van der Waals surface area contributed by atoms with Crippen LogP contribution in [0.25, 0.3) is 0 Å². The van der Waals surface area contributed by atoms with E-state index in [9.17, 15) is 23.2 Å². The third-order valence-electron chi connectivity index (χ3n) is 5.83. The Hall–Kier alpha value is -4.80. The number of para-hydroxylation sites is 1. The minimum absolute atomic E-state index is 0.0741. The van der Waals surface area contributed by atoms with Crippen LogP contribution >= 0.6 is 0 Å². The molecule has 0 aromatic heterocycles. The van der Waals surface area contributed by atoms with Crippen molar-refractivity contribution in [2.24, 2.45) is 5.10 Å². The Morgan fingerprint density at radius 3 is 2.39 bits per heavy atom.